The standard InChI is InChI=1S/C18H24BrClN2O2/c1-18(2,3)24-17(23)22-13-5-6-14(22)10-12(9-13)21-16-8-11(19)4-7-15(16)20/h4,7-8,12-14,21H,5-6,9-10H2,1-3H3. The molecule has 2 saturated heterocycles. The first-order valence-corrected chi connectivity index (χ1v) is 9.63. The molecule has 2 unspecified atom stereocenters. The zero-order valence-corrected chi connectivity index (χ0v) is 16.7. The lowest BCUT2D eigenvalue weighted by molar-refractivity contribution is 0.00684. The van der Waals surface area contributed by atoms with E-state index < -0.39 is 5.60 Å². The molecule has 1 aromatic rings. The molecule has 4 nitrogen and oxygen atoms in total. The fraction of sp³-hybridized carbons (Fsp3) is 0.611. The van der Waals surface area contributed by atoms with Gasteiger partial charge in [-0.15, -0.1) is 0 Å². The van der Waals surface area contributed by atoms with E-state index in [-0.39, 0.29) is 18.2 Å². The average molecular weight is 416 g/mol. The molecular weight excluding hydrogens is 392 g/mol. The number of nitrogens with zero attached hydrogens (tertiary/aromatic N) is 1. The van der Waals surface area contributed by atoms with Crippen LogP contribution in [-0.4, -0.2) is 34.7 Å². The largest absolute Gasteiger partial charge is 0.444 e. The van der Waals surface area contributed by atoms with Crippen LogP contribution in [0.5, 0.6) is 0 Å². The number of ether oxygens (including phenoxy) is 1. The third kappa shape index (κ3) is 3.99. The van der Waals surface area contributed by atoms with Crippen LogP contribution < -0.4 is 5.32 Å². The van der Waals surface area contributed by atoms with Crippen molar-refractivity contribution >= 4 is 39.3 Å². The summed E-state index contributed by atoms with van der Waals surface area (Å²) >= 11 is 9.77. The molecule has 3 rings (SSSR count). The molecule has 0 radical (unpaired) electrons. The van der Waals surface area contributed by atoms with Crippen LogP contribution in [0.2, 0.25) is 5.02 Å². The number of nitrogens with one attached hydrogen (secondary N) is 1. The van der Waals surface area contributed by atoms with E-state index >= 15 is 0 Å². The van der Waals surface area contributed by atoms with Crippen molar-refractivity contribution in [2.24, 2.45) is 0 Å². The fourth-order valence-electron chi connectivity index (χ4n) is 3.74. The summed E-state index contributed by atoms with van der Waals surface area (Å²) in [5.41, 5.74) is 0.497. The van der Waals surface area contributed by atoms with Crippen LogP contribution in [0.4, 0.5) is 10.5 Å². The molecule has 1 amide bonds. The molecule has 2 atom stereocenters. The van der Waals surface area contributed by atoms with E-state index in [9.17, 15) is 4.79 Å². The van der Waals surface area contributed by atoms with Crippen LogP contribution in [0.15, 0.2) is 22.7 Å². The van der Waals surface area contributed by atoms with Crippen LogP contribution >= 0.6 is 27.5 Å². The number of piperidine rings is 1. The summed E-state index contributed by atoms with van der Waals surface area (Å²) in [4.78, 5) is 14.5. The summed E-state index contributed by atoms with van der Waals surface area (Å²) in [6.07, 6.45) is 3.79. The summed E-state index contributed by atoms with van der Waals surface area (Å²) in [6.45, 7) is 5.74. The van der Waals surface area contributed by atoms with E-state index in [1.165, 1.54) is 0 Å². The summed E-state index contributed by atoms with van der Waals surface area (Å²) < 4.78 is 6.59. The number of carbonyl (C=O) groups excluding carboxylic acids is 1. The Morgan fingerprint density at radius 3 is 2.50 bits per heavy atom. The maximum Gasteiger partial charge on any atom is 0.410 e. The molecule has 2 fully saturated rings. The quantitative estimate of drug-likeness (QED) is 0.699. The second-order valence-electron chi connectivity index (χ2n) is 7.71. The molecule has 0 saturated carbocycles. The Kier molecular flexibility index (Phi) is 5.03. The molecule has 6 heteroatoms. The molecule has 0 aliphatic carbocycles. The van der Waals surface area contributed by atoms with Gasteiger partial charge in [-0.1, -0.05) is 27.5 Å². The van der Waals surface area contributed by atoms with E-state index in [1.54, 1.807) is 0 Å². The number of benzene rings is 1. The Hall–Kier alpha value is -0.940. The Morgan fingerprint density at radius 2 is 1.92 bits per heavy atom. The fourth-order valence-corrected chi connectivity index (χ4v) is 4.27. The topological polar surface area (TPSA) is 41.6 Å². The first-order chi connectivity index (χ1) is 11.2. The van der Waals surface area contributed by atoms with Gasteiger partial charge in [0.05, 0.1) is 10.7 Å². The van der Waals surface area contributed by atoms with Crippen molar-refractivity contribution in [3.63, 3.8) is 0 Å². The van der Waals surface area contributed by atoms with E-state index in [1.807, 2.05) is 43.9 Å². The van der Waals surface area contributed by atoms with Gasteiger partial charge in [0.25, 0.3) is 0 Å². The van der Waals surface area contributed by atoms with Crippen molar-refractivity contribution in [1.82, 2.24) is 4.90 Å². The van der Waals surface area contributed by atoms with Gasteiger partial charge in [0.1, 0.15) is 5.60 Å². The first-order valence-electron chi connectivity index (χ1n) is 8.46. The van der Waals surface area contributed by atoms with Crippen LogP contribution in [0.25, 0.3) is 0 Å². The van der Waals surface area contributed by atoms with Crippen LogP contribution in [0.1, 0.15) is 46.5 Å². The van der Waals surface area contributed by atoms with Gasteiger partial charge in [-0.25, -0.2) is 4.79 Å². The minimum absolute atomic E-state index is 0.172. The predicted octanol–water partition coefficient (Wildman–Crippen LogP) is 5.44. The van der Waals surface area contributed by atoms with Crippen molar-refractivity contribution in [2.75, 3.05) is 5.32 Å². The molecule has 132 valence electrons. The molecule has 2 aliphatic heterocycles. The molecular formula is C18H24BrClN2O2. The Labute approximate surface area is 157 Å². The summed E-state index contributed by atoms with van der Waals surface area (Å²) in [7, 11) is 0. The van der Waals surface area contributed by atoms with Crippen LogP contribution in [0, 0.1) is 0 Å². The molecule has 2 heterocycles. The SMILES string of the molecule is CC(C)(C)OC(=O)N1C2CCC1CC(Nc1cc(Br)ccc1Cl)C2. The van der Waals surface area contributed by atoms with Crippen molar-refractivity contribution in [3.8, 4) is 0 Å². The van der Waals surface area contributed by atoms with Gasteiger partial charge in [0.15, 0.2) is 0 Å². The van der Waals surface area contributed by atoms with Gasteiger partial charge >= 0.3 is 6.09 Å². The number of rotatable bonds is 2. The zero-order valence-electron chi connectivity index (χ0n) is 14.3. The van der Waals surface area contributed by atoms with E-state index in [0.29, 0.717) is 6.04 Å². The number of carbonyl (C=O) groups is 1. The molecule has 0 spiro atoms. The van der Waals surface area contributed by atoms with Gasteiger partial charge in [0.2, 0.25) is 0 Å². The van der Waals surface area contributed by atoms with Crippen molar-refractivity contribution in [1.29, 1.82) is 0 Å². The Morgan fingerprint density at radius 1 is 1.29 bits per heavy atom. The lowest BCUT2D eigenvalue weighted by Crippen LogP contribution is -2.51. The lowest BCUT2D eigenvalue weighted by Gasteiger charge is -2.40. The van der Waals surface area contributed by atoms with E-state index in [0.717, 1.165) is 40.9 Å². The molecule has 2 aliphatic rings. The van der Waals surface area contributed by atoms with Crippen molar-refractivity contribution in [3.05, 3.63) is 27.7 Å². The van der Waals surface area contributed by atoms with Crippen LogP contribution in [0.3, 0.4) is 0 Å². The van der Waals surface area contributed by atoms with Gasteiger partial charge in [-0.2, -0.15) is 0 Å². The Balaban J connectivity index is 1.67. The highest BCUT2D eigenvalue weighted by molar-refractivity contribution is 9.10. The highest BCUT2D eigenvalue weighted by Crippen LogP contribution is 2.38. The van der Waals surface area contributed by atoms with Gasteiger partial charge in [0, 0.05) is 22.6 Å². The van der Waals surface area contributed by atoms with Crippen molar-refractivity contribution < 1.29 is 9.53 Å². The third-order valence-corrected chi connectivity index (χ3v) is 5.45. The normalized spacial score (nSPS) is 26.4. The van der Waals surface area contributed by atoms with E-state index in [2.05, 4.69) is 21.2 Å². The summed E-state index contributed by atoms with van der Waals surface area (Å²) in [5.74, 6) is 0. The first kappa shape index (κ1) is 17.9. The number of amides is 1. The average Bonchev–Trinajstić information content (AvgIpc) is 2.73. The molecule has 1 aromatic carbocycles. The van der Waals surface area contributed by atoms with Crippen LogP contribution in [-0.2, 0) is 4.74 Å². The highest BCUT2D eigenvalue weighted by atomic mass is 79.9. The number of hydrogen-bond donors (Lipinski definition) is 1. The maximum absolute atomic E-state index is 12.5. The number of halogens is 2. The highest BCUT2D eigenvalue weighted by Gasteiger charge is 2.44. The number of hydrogen-bond acceptors (Lipinski definition) is 3. The predicted molar refractivity (Wildman–Crippen MR) is 101 cm³/mol. The maximum atomic E-state index is 12.5. The molecule has 0 aromatic heterocycles. The summed E-state index contributed by atoms with van der Waals surface area (Å²) in [5, 5.41) is 4.28. The third-order valence-electron chi connectivity index (χ3n) is 4.63. The van der Waals surface area contributed by atoms with Gasteiger partial charge < -0.3 is 15.0 Å². The minimum atomic E-state index is -0.449. The minimum Gasteiger partial charge on any atom is -0.444 e. The second kappa shape index (κ2) is 6.75. The summed E-state index contributed by atoms with van der Waals surface area (Å²) in [6, 6.07) is 6.66. The second-order valence-corrected chi connectivity index (χ2v) is 9.03. The van der Waals surface area contributed by atoms with Gasteiger partial charge in [-0.05, 0) is 64.7 Å². The van der Waals surface area contributed by atoms with E-state index in [4.69, 9.17) is 16.3 Å². The zero-order chi connectivity index (χ0) is 17.5. The Bertz CT molecular complexity index is 618. The van der Waals surface area contributed by atoms with Gasteiger partial charge in [-0.3, -0.25) is 0 Å². The number of anilines is 1. The molecule has 24 heavy (non-hydrogen) atoms. The van der Waals surface area contributed by atoms with Crippen molar-refractivity contribution in [2.45, 2.75) is 70.2 Å². The smallest absolute Gasteiger partial charge is 0.410 e. The molecule has 2 bridgehead atoms. The monoisotopic (exact) mass is 414 g/mol. The molecule has 1 N–H and O–H groups in total. The number of fused-ring (bicyclic) bond motifs is 2. The lowest BCUT2D eigenvalue weighted by atomic mass is 9.97.